The van der Waals surface area contributed by atoms with E-state index < -0.39 is 17.8 Å². The van der Waals surface area contributed by atoms with Crippen LogP contribution < -0.4 is 10.6 Å². The molecule has 1 aromatic rings. The number of hydrogen-bond donors (Lipinski definition) is 3. The molecular formula is C23H28N2O4S. The number of amides is 2. The topological polar surface area (TPSA) is 95.5 Å². The predicted octanol–water partition coefficient (Wildman–Crippen LogP) is 3.76. The van der Waals surface area contributed by atoms with Gasteiger partial charge in [0.2, 0.25) is 5.91 Å². The number of carbonyl (C=O) groups excluding carboxylic acids is 2. The molecule has 0 aliphatic heterocycles. The molecule has 2 amide bonds. The Hall–Kier alpha value is -2.15. The molecule has 4 atom stereocenters. The van der Waals surface area contributed by atoms with Gasteiger partial charge in [-0.1, -0.05) is 25.0 Å². The molecule has 6 rings (SSSR count). The average molecular weight is 429 g/mol. The van der Waals surface area contributed by atoms with E-state index in [0.29, 0.717) is 10.6 Å². The number of aliphatic carboxylic acids is 1. The fourth-order valence-corrected chi connectivity index (χ4v) is 7.23. The highest BCUT2D eigenvalue weighted by Gasteiger charge is 2.48. The first-order valence-electron chi connectivity index (χ1n) is 11.2. The molecule has 0 radical (unpaired) electrons. The summed E-state index contributed by atoms with van der Waals surface area (Å²) >= 11 is 1.50. The highest BCUT2D eigenvalue weighted by atomic mass is 32.1. The summed E-state index contributed by atoms with van der Waals surface area (Å²) in [4.78, 5) is 39.5. The molecule has 0 aromatic carbocycles. The molecule has 5 aliphatic rings. The zero-order valence-corrected chi connectivity index (χ0v) is 17.8. The smallest absolute Gasteiger partial charge is 0.307 e. The molecule has 1 aromatic heterocycles. The number of fused-ring (bicyclic) bond motifs is 3. The van der Waals surface area contributed by atoms with Crippen LogP contribution in [0.5, 0.6) is 0 Å². The van der Waals surface area contributed by atoms with Gasteiger partial charge in [-0.2, -0.15) is 0 Å². The fourth-order valence-electron chi connectivity index (χ4n) is 5.94. The van der Waals surface area contributed by atoms with Crippen LogP contribution in [0.4, 0.5) is 5.00 Å². The SMILES string of the molecule is O=C(NC1CCCC1)c1c(NC(=O)C2C3C=CC(CC3)C2C(=O)O)sc2c1CCC2. The minimum absolute atomic E-state index is 0.0429. The van der Waals surface area contributed by atoms with E-state index in [-0.39, 0.29) is 29.7 Å². The Balaban J connectivity index is 1.40. The average Bonchev–Trinajstić information content (AvgIpc) is 3.45. The van der Waals surface area contributed by atoms with Crippen molar-refractivity contribution in [3.05, 3.63) is 28.2 Å². The Bertz CT molecular complexity index is 915. The summed E-state index contributed by atoms with van der Waals surface area (Å²) in [5.41, 5.74) is 1.70. The number of carboxylic acid groups (broad SMARTS) is 1. The third-order valence-electron chi connectivity index (χ3n) is 7.41. The third-order valence-corrected chi connectivity index (χ3v) is 8.62. The van der Waals surface area contributed by atoms with Gasteiger partial charge in [0, 0.05) is 10.9 Å². The Morgan fingerprint density at radius 3 is 2.30 bits per heavy atom. The van der Waals surface area contributed by atoms with Crippen molar-refractivity contribution in [1.29, 1.82) is 0 Å². The predicted molar refractivity (Wildman–Crippen MR) is 115 cm³/mol. The number of aryl methyl sites for hydroxylation is 1. The molecule has 30 heavy (non-hydrogen) atoms. The Kier molecular flexibility index (Phi) is 5.17. The van der Waals surface area contributed by atoms with Crippen molar-refractivity contribution in [2.24, 2.45) is 23.7 Å². The molecule has 7 heteroatoms. The van der Waals surface area contributed by atoms with Gasteiger partial charge in [-0.3, -0.25) is 14.4 Å². The van der Waals surface area contributed by atoms with Crippen LogP contribution in [0, 0.1) is 23.7 Å². The number of carbonyl (C=O) groups is 3. The molecule has 0 spiro atoms. The summed E-state index contributed by atoms with van der Waals surface area (Å²) in [7, 11) is 0. The second-order valence-corrected chi connectivity index (χ2v) is 10.3. The van der Waals surface area contributed by atoms with Crippen molar-refractivity contribution in [2.45, 2.75) is 63.8 Å². The monoisotopic (exact) mass is 428 g/mol. The van der Waals surface area contributed by atoms with E-state index in [4.69, 9.17) is 0 Å². The number of allylic oxidation sites excluding steroid dienone is 2. The van der Waals surface area contributed by atoms with Crippen LogP contribution in [-0.4, -0.2) is 28.9 Å². The van der Waals surface area contributed by atoms with Crippen LogP contribution in [0.25, 0.3) is 0 Å². The highest BCUT2D eigenvalue weighted by Crippen LogP contribution is 2.46. The number of thiophene rings is 1. The first kappa shape index (κ1) is 19.8. The van der Waals surface area contributed by atoms with Crippen molar-refractivity contribution in [3.8, 4) is 0 Å². The van der Waals surface area contributed by atoms with E-state index in [0.717, 1.165) is 63.4 Å². The molecule has 1 heterocycles. The van der Waals surface area contributed by atoms with Gasteiger partial charge in [0.15, 0.2) is 0 Å². The van der Waals surface area contributed by atoms with E-state index in [9.17, 15) is 19.5 Å². The Morgan fingerprint density at radius 1 is 0.933 bits per heavy atom. The lowest BCUT2D eigenvalue weighted by atomic mass is 9.62. The molecule has 3 N–H and O–H groups in total. The van der Waals surface area contributed by atoms with Crippen LogP contribution >= 0.6 is 11.3 Å². The van der Waals surface area contributed by atoms with Gasteiger partial charge >= 0.3 is 5.97 Å². The number of carboxylic acids is 1. The Morgan fingerprint density at radius 2 is 1.63 bits per heavy atom. The minimum atomic E-state index is -0.901. The van der Waals surface area contributed by atoms with Crippen LogP contribution in [0.15, 0.2) is 12.2 Å². The maximum absolute atomic E-state index is 13.3. The lowest BCUT2D eigenvalue weighted by Gasteiger charge is -2.41. The molecule has 2 saturated carbocycles. The summed E-state index contributed by atoms with van der Waals surface area (Å²) in [6, 6.07) is 0.216. The van der Waals surface area contributed by atoms with Crippen molar-refractivity contribution < 1.29 is 19.5 Å². The first-order chi connectivity index (χ1) is 14.5. The maximum Gasteiger partial charge on any atom is 0.307 e. The largest absolute Gasteiger partial charge is 0.481 e. The first-order valence-corrected chi connectivity index (χ1v) is 12.0. The van der Waals surface area contributed by atoms with Crippen LogP contribution in [0.1, 0.15) is 65.7 Å². The van der Waals surface area contributed by atoms with E-state index in [1.54, 1.807) is 0 Å². The van der Waals surface area contributed by atoms with E-state index in [1.807, 2.05) is 12.2 Å². The van der Waals surface area contributed by atoms with E-state index >= 15 is 0 Å². The molecule has 2 fully saturated rings. The van der Waals surface area contributed by atoms with Crippen LogP contribution in [0.3, 0.4) is 0 Å². The van der Waals surface area contributed by atoms with Crippen molar-refractivity contribution in [2.75, 3.05) is 5.32 Å². The maximum atomic E-state index is 13.3. The molecule has 2 bridgehead atoms. The molecule has 4 unspecified atom stereocenters. The fraction of sp³-hybridized carbons (Fsp3) is 0.609. The summed E-state index contributed by atoms with van der Waals surface area (Å²) in [5, 5.41) is 16.6. The summed E-state index contributed by atoms with van der Waals surface area (Å²) in [6.45, 7) is 0. The highest BCUT2D eigenvalue weighted by molar-refractivity contribution is 7.17. The zero-order chi connectivity index (χ0) is 20.8. The second kappa shape index (κ2) is 7.84. The van der Waals surface area contributed by atoms with Gasteiger partial charge < -0.3 is 15.7 Å². The van der Waals surface area contributed by atoms with Crippen molar-refractivity contribution in [1.82, 2.24) is 5.32 Å². The van der Waals surface area contributed by atoms with Crippen LogP contribution in [0.2, 0.25) is 0 Å². The lowest BCUT2D eigenvalue weighted by molar-refractivity contribution is -0.151. The van der Waals surface area contributed by atoms with Crippen LogP contribution in [-0.2, 0) is 22.4 Å². The summed E-state index contributed by atoms with van der Waals surface area (Å²) in [6.07, 6.45) is 12.8. The molecule has 5 aliphatic carbocycles. The normalized spacial score (nSPS) is 29.7. The van der Waals surface area contributed by atoms with Gasteiger partial charge in [0.25, 0.3) is 5.91 Å². The Labute approximate surface area is 180 Å². The molecular weight excluding hydrogens is 400 g/mol. The minimum Gasteiger partial charge on any atom is -0.481 e. The summed E-state index contributed by atoms with van der Waals surface area (Å²) in [5.74, 6) is -2.62. The van der Waals surface area contributed by atoms with Gasteiger partial charge in [-0.15, -0.1) is 11.3 Å². The number of anilines is 1. The number of hydrogen-bond acceptors (Lipinski definition) is 4. The van der Waals surface area contributed by atoms with Gasteiger partial charge in [-0.05, 0) is 62.3 Å². The van der Waals surface area contributed by atoms with Gasteiger partial charge in [-0.25, -0.2) is 0 Å². The summed E-state index contributed by atoms with van der Waals surface area (Å²) < 4.78 is 0. The van der Waals surface area contributed by atoms with Gasteiger partial charge in [0.05, 0.1) is 17.4 Å². The zero-order valence-electron chi connectivity index (χ0n) is 17.0. The van der Waals surface area contributed by atoms with E-state index in [1.165, 1.54) is 16.2 Å². The van der Waals surface area contributed by atoms with Gasteiger partial charge in [0.1, 0.15) is 5.00 Å². The standard InChI is InChI=1S/C23H28N2O4S/c26-20(17-12-8-10-13(11-9-12)18(17)23(28)29)25-22-19(15-6-3-7-16(15)30-22)21(27)24-14-4-1-2-5-14/h8,10,12-14,17-18H,1-7,9,11H2,(H,24,27)(H,25,26)(H,28,29). The van der Waals surface area contributed by atoms with E-state index in [2.05, 4.69) is 10.6 Å². The second-order valence-electron chi connectivity index (χ2n) is 9.19. The number of nitrogens with one attached hydrogen (secondary N) is 2. The van der Waals surface area contributed by atoms with Crippen molar-refractivity contribution >= 4 is 34.1 Å². The molecule has 160 valence electrons. The third kappa shape index (κ3) is 3.37. The lowest BCUT2D eigenvalue weighted by Crippen LogP contribution is -2.47. The quantitative estimate of drug-likeness (QED) is 0.622. The molecule has 6 nitrogen and oxygen atoms in total. The molecule has 0 saturated heterocycles. The van der Waals surface area contributed by atoms with Crippen molar-refractivity contribution in [3.63, 3.8) is 0 Å². The number of rotatable bonds is 5.